The fourth-order valence-corrected chi connectivity index (χ4v) is 3.77. The molecule has 0 fully saturated rings. The van der Waals surface area contributed by atoms with Crippen LogP contribution < -0.4 is 0 Å². The monoisotopic (exact) mass is 368 g/mol. The highest BCUT2D eigenvalue weighted by atomic mass is 16.1. The highest BCUT2D eigenvalue weighted by Crippen LogP contribution is 2.17. The molecule has 0 aliphatic rings. The molecule has 0 N–H and O–H groups in total. The smallest absolute Gasteiger partial charge is 0.175 e. The SMILES string of the molecule is [B]C(=O)c1cc(CCCCCCCCC)cc(CCCCCCCCC)c1. The second-order valence-electron chi connectivity index (χ2n) is 8.15. The van der Waals surface area contributed by atoms with Gasteiger partial charge in [-0.15, -0.1) is 0 Å². The summed E-state index contributed by atoms with van der Waals surface area (Å²) < 4.78 is 0. The van der Waals surface area contributed by atoms with Gasteiger partial charge in [0.05, 0.1) is 0 Å². The molecule has 0 saturated carbocycles. The number of carbonyl (C=O) groups is 1. The first kappa shape index (κ1) is 24.0. The molecule has 0 aromatic heterocycles. The summed E-state index contributed by atoms with van der Waals surface area (Å²) in [5, 5.41) is 0. The summed E-state index contributed by atoms with van der Waals surface area (Å²) in [6, 6.07) is 6.32. The molecule has 0 spiro atoms. The molecule has 0 aliphatic carbocycles. The van der Waals surface area contributed by atoms with Crippen LogP contribution in [0, 0.1) is 0 Å². The number of aryl methyl sites for hydroxylation is 2. The average molecular weight is 368 g/mol. The minimum absolute atomic E-state index is 0.294. The van der Waals surface area contributed by atoms with Gasteiger partial charge in [-0.05, 0) is 48.9 Å². The highest BCUT2D eigenvalue weighted by molar-refractivity contribution is 6.62. The topological polar surface area (TPSA) is 17.1 Å². The molecule has 27 heavy (non-hydrogen) atoms. The van der Waals surface area contributed by atoms with Crippen LogP contribution in [0.15, 0.2) is 18.2 Å². The fraction of sp³-hybridized carbons (Fsp3) is 0.720. The molecule has 0 saturated heterocycles. The zero-order chi connectivity index (χ0) is 19.7. The third-order valence-electron chi connectivity index (χ3n) is 5.48. The molecule has 1 nitrogen and oxygen atoms in total. The zero-order valence-electron chi connectivity index (χ0n) is 18.0. The van der Waals surface area contributed by atoms with Crippen molar-refractivity contribution >= 4 is 13.5 Å². The van der Waals surface area contributed by atoms with Crippen molar-refractivity contribution in [3.8, 4) is 0 Å². The van der Waals surface area contributed by atoms with Crippen LogP contribution >= 0.6 is 0 Å². The van der Waals surface area contributed by atoms with Crippen molar-refractivity contribution in [2.75, 3.05) is 0 Å². The van der Waals surface area contributed by atoms with E-state index in [1.165, 1.54) is 101 Å². The van der Waals surface area contributed by atoms with E-state index >= 15 is 0 Å². The maximum Gasteiger partial charge on any atom is 0.175 e. The molecule has 0 atom stereocenters. The van der Waals surface area contributed by atoms with Gasteiger partial charge in [-0.25, -0.2) is 0 Å². The molecule has 0 bridgehead atoms. The summed E-state index contributed by atoms with van der Waals surface area (Å²) in [6.07, 6.45) is 20.6. The van der Waals surface area contributed by atoms with Crippen molar-refractivity contribution < 1.29 is 4.79 Å². The number of carbonyl (C=O) groups excluding carboxylic acids is 1. The standard InChI is InChI=1S/C25H41BO/c1-3-5-7-9-11-13-15-17-22-19-23(21-24(20-22)25(26)27)18-16-14-12-10-8-6-4-2/h19-21H,3-18H2,1-2H3. The molecule has 2 radical (unpaired) electrons. The third kappa shape index (κ3) is 12.1. The Balaban J connectivity index is 2.38. The van der Waals surface area contributed by atoms with Gasteiger partial charge in [0.2, 0.25) is 0 Å². The Hall–Kier alpha value is -1.05. The average Bonchev–Trinajstić information content (AvgIpc) is 2.66. The number of unbranched alkanes of at least 4 members (excludes halogenated alkanes) is 12. The molecule has 0 aliphatic heterocycles. The van der Waals surface area contributed by atoms with Gasteiger partial charge >= 0.3 is 0 Å². The van der Waals surface area contributed by atoms with Crippen molar-refractivity contribution in [1.82, 2.24) is 0 Å². The van der Waals surface area contributed by atoms with Crippen LogP contribution in [0.5, 0.6) is 0 Å². The van der Waals surface area contributed by atoms with Crippen molar-refractivity contribution in [3.63, 3.8) is 0 Å². The molecule has 0 amide bonds. The van der Waals surface area contributed by atoms with E-state index in [1.807, 2.05) is 12.1 Å². The molecule has 1 rings (SSSR count). The van der Waals surface area contributed by atoms with Crippen LogP contribution in [0.25, 0.3) is 0 Å². The second kappa shape index (κ2) is 16.0. The normalized spacial score (nSPS) is 11.0. The van der Waals surface area contributed by atoms with Gasteiger partial charge in [-0.1, -0.05) is 97.0 Å². The van der Waals surface area contributed by atoms with E-state index in [0.29, 0.717) is 5.56 Å². The quantitative estimate of drug-likeness (QED) is 0.205. The van der Waals surface area contributed by atoms with Crippen LogP contribution in [0.2, 0.25) is 0 Å². The van der Waals surface area contributed by atoms with E-state index in [0.717, 1.165) is 12.8 Å². The summed E-state index contributed by atoms with van der Waals surface area (Å²) >= 11 is 0. The maximum atomic E-state index is 11.7. The molecular formula is C25H41BO. The van der Waals surface area contributed by atoms with Gasteiger partial charge < -0.3 is 4.79 Å². The zero-order valence-corrected chi connectivity index (χ0v) is 18.0. The van der Waals surface area contributed by atoms with Gasteiger partial charge in [0.1, 0.15) is 5.68 Å². The Kier molecular flexibility index (Phi) is 14.2. The van der Waals surface area contributed by atoms with Gasteiger partial charge in [0.15, 0.2) is 7.85 Å². The summed E-state index contributed by atoms with van der Waals surface area (Å²) in [5.41, 5.74) is 2.97. The summed E-state index contributed by atoms with van der Waals surface area (Å²) in [7, 11) is 5.56. The Morgan fingerprint density at radius 1 is 0.630 bits per heavy atom. The van der Waals surface area contributed by atoms with Crippen LogP contribution in [0.4, 0.5) is 0 Å². The summed E-state index contributed by atoms with van der Waals surface area (Å²) in [6.45, 7) is 4.52. The van der Waals surface area contributed by atoms with Gasteiger partial charge in [0.25, 0.3) is 0 Å². The van der Waals surface area contributed by atoms with Crippen molar-refractivity contribution in [3.05, 3.63) is 34.9 Å². The van der Waals surface area contributed by atoms with Crippen molar-refractivity contribution in [2.45, 2.75) is 117 Å². The van der Waals surface area contributed by atoms with E-state index in [9.17, 15) is 4.79 Å². The lowest BCUT2D eigenvalue weighted by Crippen LogP contribution is -2.01. The number of rotatable bonds is 17. The van der Waals surface area contributed by atoms with Crippen molar-refractivity contribution in [1.29, 1.82) is 0 Å². The van der Waals surface area contributed by atoms with Gasteiger partial charge in [-0.3, -0.25) is 0 Å². The minimum Gasteiger partial charge on any atom is -0.307 e. The van der Waals surface area contributed by atoms with E-state index in [4.69, 9.17) is 7.85 Å². The lowest BCUT2D eigenvalue weighted by atomic mass is 9.90. The number of benzene rings is 1. The second-order valence-corrected chi connectivity index (χ2v) is 8.15. The molecule has 0 unspecified atom stereocenters. The minimum atomic E-state index is -0.294. The molecule has 1 aromatic rings. The molecule has 2 heteroatoms. The van der Waals surface area contributed by atoms with Crippen LogP contribution in [-0.4, -0.2) is 13.5 Å². The lowest BCUT2D eigenvalue weighted by Gasteiger charge is -2.09. The number of hydrogen-bond acceptors (Lipinski definition) is 1. The summed E-state index contributed by atoms with van der Waals surface area (Å²) in [4.78, 5) is 11.7. The van der Waals surface area contributed by atoms with Crippen LogP contribution in [-0.2, 0) is 12.8 Å². The Morgan fingerprint density at radius 2 is 1.00 bits per heavy atom. The maximum absolute atomic E-state index is 11.7. The molecular weight excluding hydrogens is 327 g/mol. The fourth-order valence-electron chi connectivity index (χ4n) is 3.77. The van der Waals surface area contributed by atoms with E-state index < -0.39 is 0 Å². The van der Waals surface area contributed by atoms with E-state index in [-0.39, 0.29) is 5.68 Å². The predicted molar refractivity (Wildman–Crippen MR) is 120 cm³/mol. The molecule has 0 heterocycles. The molecule has 1 aromatic carbocycles. The van der Waals surface area contributed by atoms with Crippen LogP contribution in [0.3, 0.4) is 0 Å². The van der Waals surface area contributed by atoms with E-state index in [1.54, 1.807) is 0 Å². The predicted octanol–water partition coefficient (Wildman–Crippen LogP) is 7.58. The first-order chi connectivity index (χ1) is 13.2. The molecule has 150 valence electrons. The van der Waals surface area contributed by atoms with E-state index in [2.05, 4.69) is 19.9 Å². The third-order valence-corrected chi connectivity index (χ3v) is 5.48. The Bertz CT molecular complexity index is 473. The van der Waals surface area contributed by atoms with Gasteiger partial charge in [0, 0.05) is 5.56 Å². The highest BCUT2D eigenvalue weighted by Gasteiger charge is 2.05. The van der Waals surface area contributed by atoms with Crippen molar-refractivity contribution in [2.24, 2.45) is 0 Å². The number of hydrogen-bond donors (Lipinski definition) is 0. The van der Waals surface area contributed by atoms with Gasteiger partial charge in [-0.2, -0.15) is 0 Å². The Morgan fingerprint density at radius 3 is 1.37 bits per heavy atom. The first-order valence-corrected chi connectivity index (χ1v) is 11.6. The van der Waals surface area contributed by atoms with Crippen LogP contribution in [0.1, 0.15) is 125 Å². The summed E-state index contributed by atoms with van der Waals surface area (Å²) in [5.74, 6) is 0. The Labute approximate surface area is 170 Å². The first-order valence-electron chi connectivity index (χ1n) is 11.6. The lowest BCUT2D eigenvalue weighted by molar-refractivity contribution is 0.108. The largest absolute Gasteiger partial charge is 0.307 e.